The number of thioether (sulfide) groups is 1. The third-order valence-electron chi connectivity index (χ3n) is 3.49. The minimum absolute atomic E-state index is 0.724. The topological polar surface area (TPSA) is 12.0 Å². The Balaban J connectivity index is 1.79. The molecule has 1 aliphatic carbocycles. The van der Waals surface area contributed by atoms with E-state index in [0.717, 1.165) is 28.6 Å². The summed E-state index contributed by atoms with van der Waals surface area (Å²) in [6.07, 6.45) is 5.31. The third kappa shape index (κ3) is 4.18. The van der Waals surface area contributed by atoms with Crippen LogP contribution in [0.4, 0.5) is 0 Å². The van der Waals surface area contributed by atoms with Crippen LogP contribution in [0.3, 0.4) is 0 Å². The molecule has 1 aliphatic rings. The number of hydrogen-bond donors (Lipinski definition) is 1. The quantitative estimate of drug-likeness (QED) is 0.825. The number of rotatable bonds is 6. The van der Waals surface area contributed by atoms with E-state index in [-0.39, 0.29) is 0 Å². The fourth-order valence-corrected chi connectivity index (χ4v) is 4.00. The molecule has 0 saturated heterocycles. The van der Waals surface area contributed by atoms with E-state index in [9.17, 15) is 0 Å². The van der Waals surface area contributed by atoms with Gasteiger partial charge < -0.3 is 5.32 Å². The summed E-state index contributed by atoms with van der Waals surface area (Å²) in [4.78, 5) is 0. The average molecular weight is 284 g/mol. The monoisotopic (exact) mass is 283 g/mol. The summed E-state index contributed by atoms with van der Waals surface area (Å²) >= 11 is 8.00. The molecule has 0 radical (unpaired) electrons. The summed E-state index contributed by atoms with van der Waals surface area (Å²) in [6.45, 7) is 3.39. The van der Waals surface area contributed by atoms with Crippen molar-refractivity contribution in [2.75, 3.05) is 6.54 Å². The van der Waals surface area contributed by atoms with E-state index >= 15 is 0 Å². The van der Waals surface area contributed by atoms with Crippen LogP contribution in [0.5, 0.6) is 0 Å². The van der Waals surface area contributed by atoms with Crippen LogP contribution in [-0.4, -0.2) is 17.8 Å². The number of halogens is 1. The number of nitrogens with one attached hydrogen (secondary N) is 1. The maximum absolute atomic E-state index is 5.90. The van der Waals surface area contributed by atoms with Crippen molar-refractivity contribution < 1.29 is 0 Å². The lowest BCUT2D eigenvalue weighted by atomic mass is 10.2. The number of benzene rings is 1. The minimum atomic E-state index is 0.724. The summed E-state index contributed by atoms with van der Waals surface area (Å²) in [6, 6.07) is 8.97. The molecular formula is C15H22ClNS. The van der Waals surface area contributed by atoms with E-state index in [0.29, 0.717) is 0 Å². The van der Waals surface area contributed by atoms with Crippen molar-refractivity contribution in [1.82, 2.24) is 5.32 Å². The van der Waals surface area contributed by atoms with E-state index < -0.39 is 0 Å². The molecule has 1 nitrogen and oxygen atoms in total. The normalized spacial score (nSPS) is 23.4. The van der Waals surface area contributed by atoms with Crippen molar-refractivity contribution in [2.24, 2.45) is 0 Å². The van der Waals surface area contributed by atoms with Crippen molar-refractivity contribution in [3.63, 3.8) is 0 Å². The number of hydrogen-bond acceptors (Lipinski definition) is 2. The zero-order valence-electron chi connectivity index (χ0n) is 11.0. The van der Waals surface area contributed by atoms with Crippen LogP contribution in [0.2, 0.25) is 5.02 Å². The molecule has 0 amide bonds. The molecule has 2 atom stereocenters. The van der Waals surface area contributed by atoms with Crippen molar-refractivity contribution in [3.8, 4) is 0 Å². The Kier molecular flexibility index (Phi) is 5.87. The zero-order chi connectivity index (χ0) is 12.8. The fraction of sp³-hybridized carbons (Fsp3) is 0.600. The van der Waals surface area contributed by atoms with E-state index in [1.54, 1.807) is 0 Å². The Morgan fingerprint density at radius 1 is 1.28 bits per heavy atom. The first-order chi connectivity index (χ1) is 8.79. The molecule has 1 aromatic carbocycles. The predicted molar refractivity (Wildman–Crippen MR) is 82.5 cm³/mol. The SMILES string of the molecule is CCCNC1CCCC1SCc1ccc(Cl)cc1. The highest BCUT2D eigenvalue weighted by Gasteiger charge is 2.26. The average Bonchev–Trinajstić information content (AvgIpc) is 2.83. The molecule has 1 fully saturated rings. The summed E-state index contributed by atoms with van der Waals surface area (Å²) in [5.41, 5.74) is 1.38. The van der Waals surface area contributed by atoms with Gasteiger partial charge in [-0.05, 0) is 43.5 Å². The van der Waals surface area contributed by atoms with Gasteiger partial charge in [0.25, 0.3) is 0 Å². The van der Waals surface area contributed by atoms with Crippen LogP contribution >= 0.6 is 23.4 Å². The molecule has 1 aromatic rings. The Morgan fingerprint density at radius 2 is 2.06 bits per heavy atom. The minimum Gasteiger partial charge on any atom is -0.313 e. The van der Waals surface area contributed by atoms with E-state index in [1.807, 2.05) is 12.1 Å². The van der Waals surface area contributed by atoms with Gasteiger partial charge in [-0.15, -0.1) is 0 Å². The smallest absolute Gasteiger partial charge is 0.0406 e. The second-order valence-electron chi connectivity index (χ2n) is 4.97. The molecule has 18 heavy (non-hydrogen) atoms. The van der Waals surface area contributed by atoms with Gasteiger partial charge in [-0.2, -0.15) is 11.8 Å². The molecule has 1 N–H and O–H groups in total. The lowest BCUT2D eigenvalue weighted by Gasteiger charge is -2.20. The molecule has 3 heteroatoms. The Bertz CT molecular complexity index is 352. The van der Waals surface area contributed by atoms with Gasteiger partial charge in [-0.25, -0.2) is 0 Å². The molecule has 2 rings (SSSR count). The first-order valence-electron chi connectivity index (χ1n) is 6.89. The predicted octanol–water partition coefficient (Wildman–Crippen LogP) is 4.49. The van der Waals surface area contributed by atoms with Crippen molar-refractivity contribution in [3.05, 3.63) is 34.9 Å². The first kappa shape index (κ1) is 14.2. The molecule has 0 aliphatic heterocycles. The summed E-state index contributed by atoms with van der Waals surface area (Å²) in [7, 11) is 0. The maximum atomic E-state index is 5.90. The second-order valence-corrected chi connectivity index (χ2v) is 6.63. The van der Waals surface area contributed by atoms with E-state index in [2.05, 4.69) is 36.1 Å². The van der Waals surface area contributed by atoms with Crippen LogP contribution < -0.4 is 5.32 Å². The van der Waals surface area contributed by atoms with Crippen LogP contribution in [0.15, 0.2) is 24.3 Å². The van der Waals surface area contributed by atoms with Crippen LogP contribution in [0.25, 0.3) is 0 Å². The van der Waals surface area contributed by atoms with Gasteiger partial charge in [-0.3, -0.25) is 0 Å². The van der Waals surface area contributed by atoms with E-state index in [1.165, 1.54) is 31.2 Å². The molecule has 100 valence electrons. The van der Waals surface area contributed by atoms with Crippen LogP contribution in [0.1, 0.15) is 38.2 Å². The molecule has 0 heterocycles. The summed E-state index contributed by atoms with van der Waals surface area (Å²) < 4.78 is 0. The summed E-state index contributed by atoms with van der Waals surface area (Å²) in [5, 5.41) is 5.30. The van der Waals surface area contributed by atoms with Gasteiger partial charge in [0, 0.05) is 22.1 Å². The van der Waals surface area contributed by atoms with Crippen molar-refractivity contribution in [1.29, 1.82) is 0 Å². The van der Waals surface area contributed by atoms with Crippen molar-refractivity contribution in [2.45, 2.75) is 49.7 Å². The Morgan fingerprint density at radius 3 is 2.78 bits per heavy atom. The highest BCUT2D eigenvalue weighted by Crippen LogP contribution is 2.32. The summed E-state index contributed by atoms with van der Waals surface area (Å²) in [5.74, 6) is 1.10. The van der Waals surface area contributed by atoms with E-state index in [4.69, 9.17) is 11.6 Å². The van der Waals surface area contributed by atoms with Gasteiger partial charge in [0.2, 0.25) is 0 Å². The Labute approximate surface area is 120 Å². The standard InChI is InChI=1S/C15H22ClNS/c1-2-10-17-14-4-3-5-15(14)18-11-12-6-8-13(16)9-7-12/h6-9,14-15,17H,2-5,10-11H2,1H3. The molecule has 1 saturated carbocycles. The van der Waals surface area contributed by atoms with Gasteiger partial charge in [0.1, 0.15) is 0 Å². The van der Waals surface area contributed by atoms with Crippen molar-refractivity contribution >= 4 is 23.4 Å². The zero-order valence-corrected chi connectivity index (χ0v) is 12.6. The maximum Gasteiger partial charge on any atom is 0.0406 e. The molecule has 0 aromatic heterocycles. The molecule has 2 unspecified atom stereocenters. The lowest BCUT2D eigenvalue weighted by Crippen LogP contribution is -2.34. The molecular weight excluding hydrogens is 262 g/mol. The van der Waals surface area contributed by atoms with Crippen LogP contribution in [0, 0.1) is 0 Å². The molecule has 0 spiro atoms. The van der Waals surface area contributed by atoms with Gasteiger partial charge in [0.05, 0.1) is 0 Å². The molecule has 0 bridgehead atoms. The highest BCUT2D eigenvalue weighted by atomic mass is 35.5. The largest absolute Gasteiger partial charge is 0.313 e. The second kappa shape index (κ2) is 7.42. The fourth-order valence-electron chi connectivity index (χ4n) is 2.47. The third-order valence-corrected chi connectivity index (χ3v) is 5.23. The van der Waals surface area contributed by atoms with Crippen LogP contribution in [-0.2, 0) is 5.75 Å². The Hall–Kier alpha value is -0.180. The first-order valence-corrected chi connectivity index (χ1v) is 8.31. The van der Waals surface area contributed by atoms with Gasteiger partial charge in [-0.1, -0.05) is 37.1 Å². The lowest BCUT2D eigenvalue weighted by molar-refractivity contribution is 0.531. The van der Waals surface area contributed by atoms with Gasteiger partial charge in [0.15, 0.2) is 0 Å². The van der Waals surface area contributed by atoms with Gasteiger partial charge >= 0.3 is 0 Å². The highest BCUT2D eigenvalue weighted by molar-refractivity contribution is 7.99.